The molecule has 3 heterocycles. The van der Waals surface area contributed by atoms with Crippen molar-refractivity contribution < 1.29 is 4.79 Å². The Kier molecular flexibility index (Phi) is 5.76. The predicted octanol–water partition coefficient (Wildman–Crippen LogP) is 4.13. The van der Waals surface area contributed by atoms with E-state index in [-0.39, 0.29) is 12.3 Å². The first-order chi connectivity index (χ1) is 14.2. The number of pyridine rings is 1. The van der Waals surface area contributed by atoms with Gasteiger partial charge in [-0.2, -0.15) is 5.10 Å². The minimum atomic E-state index is -0.120. The van der Waals surface area contributed by atoms with E-state index in [4.69, 9.17) is 0 Å². The molecule has 0 spiro atoms. The normalized spacial score (nSPS) is 10.8. The number of thiazole rings is 1. The molecule has 146 valence electrons. The summed E-state index contributed by atoms with van der Waals surface area (Å²) in [5.41, 5.74) is 4.25. The molecule has 4 aromatic rings. The average molecular weight is 404 g/mol. The lowest BCUT2D eigenvalue weighted by Gasteiger charge is -2.02. The first-order valence-electron chi connectivity index (χ1n) is 9.39. The first kappa shape index (κ1) is 19.0. The lowest BCUT2D eigenvalue weighted by molar-refractivity contribution is -0.115. The average Bonchev–Trinajstić information content (AvgIpc) is 3.37. The number of carbonyl (C=O) groups is 1. The molecule has 0 unspecified atom stereocenters. The van der Waals surface area contributed by atoms with E-state index in [2.05, 4.69) is 51.6 Å². The van der Waals surface area contributed by atoms with E-state index in [1.165, 1.54) is 11.1 Å². The molecule has 0 radical (unpaired) electrons. The number of benzene rings is 1. The summed E-state index contributed by atoms with van der Waals surface area (Å²) in [5.74, 6) is 0.434. The number of aromatic nitrogens is 4. The maximum Gasteiger partial charge on any atom is 0.231 e. The second kappa shape index (κ2) is 8.79. The maximum atomic E-state index is 12.4. The van der Waals surface area contributed by atoms with Gasteiger partial charge in [-0.3, -0.25) is 14.5 Å². The van der Waals surface area contributed by atoms with Crippen molar-refractivity contribution >= 4 is 23.1 Å². The highest BCUT2D eigenvalue weighted by Crippen LogP contribution is 2.24. The van der Waals surface area contributed by atoms with Gasteiger partial charge in [-0.25, -0.2) is 4.98 Å². The highest BCUT2D eigenvalue weighted by atomic mass is 32.1. The fourth-order valence-electron chi connectivity index (χ4n) is 2.91. The van der Waals surface area contributed by atoms with Gasteiger partial charge in [-0.15, -0.1) is 11.3 Å². The van der Waals surface area contributed by atoms with Gasteiger partial charge in [-0.05, 0) is 31.0 Å². The fraction of sp³-hybridized carbons (Fsp3) is 0.182. The summed E-state index contributed by atoms with van der Waals surface area (Å²) in [6.07, 6.45) is 6.53. The number of amides is 1. The van der Waals surface area contributed by atoms with E-state index in [1.807, 2.05) is 34.5 Å². The van der Waals surface area contributed by atoms with Gasteiger partial charge in [0.25, 0.3) is 0 Å². The first-order valence-corrected chi connectivity index (χ1v) is 10.3. The van der Waals surface area contributed by atoms with Crippen LogP contribution in [0.4, 0.5) is 5.82 Å². The molecule has 29 heavy (non-hydrogen) atoms. The third kappa shape index (κ3) is 5.14. The van der Waals surface area contributed by atoms with E-state index >= 15 is 0 Å². The number of aryl methyl sites for hydroxylation is 3. The zero-order chi connectivity index (χ0) is 20.1. The van der Waals surface area contributed by atoms with Crippen LogP contribution in [0, 0.1) is 6.92 Å². The molecule has 0 bridgehead atoms. The SMILES string of the molecule is Cc1ccc(-c2nc(CC(=O)Nc3ccn(CCc4ccncc4)n3)cs2)cc1. The third-order valence-electron chi connectivity index (χ3n) is 4.48. The van der Waals surface area contributed by atoms with Crippen LogP contribution in [-0.4, -0.2) is 25.7 Å². The van der Waals surface area contributed by atoms with E-state index in [1.54, 1.807) is 23.7 Å². The maximum absolute atomic E-state index is 12.4. The van der Waals surface area contributed by atoms with Gasteiger partial charge in [0.2, 0.25) is 5.91 Å². The Labute approximate surface area is 173 Å². The van der Waals surface area contributed by atoms with Crippen molar-refractivity contribution in [2.24, 2.45) is 0 Å². The minimum Gasteiger partial charge on any atom is -0.309 e. The highest BCUT2D eigenvalue weighted by Gasteiger charge is 2.11. The van der Waals surface area contributed by atoms with Gasteiger partial charge in [0.1, 0.15) is 5.01 Å². The van der Waals surface area contributed by atoms with Crippen LogP contribution in [0.5, 0.6) is 0 Å². The Hall–Kier alpha value is -3.32. The van der Waals surface area contributed by atoms with Crippen LogP contribution in [-0.2, 0) is 24.2 Å². The topological polar surface area (TPSA) is 72.7 Å². The number of nitrogens with zero attached hydrogens (tertiary/aromatic N) is 4. The summed E-state index contributed by atoms with van der Waals surface area (Å²) >= 11 is 1.55. The molecule has 0 atom stereocenters. The van der Waals surface area contributed by atoms with Crippen LogP contribution in [0.1, 0.15) is 16.8 Å². The van der Waals surface area contributed by atoms with Crippen LogP contribution < -0.4 is 5.32 Å². The summed E-state index contributed by atoms with van der Waals surface area (Å²) in [4.78, 5) is 21.0. The molecule has 0 aliphatic heterocycles. The van der Waals surface area contributed by atoms with E-state index < -0.39 is 0 Å². The summed E-state index contributed by atoms with van der Waals surface area (Å²) in [6, 6.07) is 14.0. The highest BCUT2D eigenvalue weighted by molar-refractivity contribution is 7.13. The zero-order valence-corrected chi connectivity index (χ0v) is 16.9. The number of hydrogen-bond acceptors (Lipinski definition) is 5. The third-order valence-corrected chi connectivity index (χ3v) is 5.42. The van der Waals surface area contributed by atoms with E-state index in [9.17, 15) is 4.79 Å². The molecule has 1 aromatic carbocycles. The molecule has 1 amide bonds. The summed E-state index contributed by atoms with van der Waals surface area (Å²) in [7, 11) is 0. The number of anilines is 1. The number of nitrogens with one attached hydrogen (secondary N) is 1. The summed E-state index contributed by atoms with van der Waals surface area (Å²) < 4.78 is 1.83. The molecule has 0 aliphatic rings. The van der Waals surface area contributed by atoms with Gasteiger partial charge in [-0.1, -0.05) is 29.8 Å². The Morgan fingerprint density at radius 3 is 2.69 bits per heavy atom. The lowest BCUT2D eigenvalue weighted by atomic mass is 10.2. The lowest BCUT2D eigenvalue weighted by Crippen LogP contribution is -2.15. The van der Waals surface area contributed by atoms with Gasteiger partial charge in [0.05, 0.1) is 12.1 Å². The van der Waals surface area contributed by atoms with Crippen molar-refractivity contribution in [2.45, 2.75) is 26.3 Å². The van der Waals surface area contributed by atoms with Crippen LogP contribution in [0.2, 0.25) is 0 Å². The van der Waals surface area contributed by atoms with Gasteiger partial charge < -0.3 is 5.32 Å². The Balaban J connectivity index is 1.31. The van der Waals surface area contributed by atoms with Crippen LogP contribution in [0.15, 0.2) is 66.4 Å². The van der Waals surface area contributed by atoms with Crippen molar-refractivity contribution in [1.82, 2.24) is 19.7 Å². The Morgan fingerprint density at radius 1 is 1.10 bits per heavy atom. The molecule has 7 heteroatoms. The molecular formula is C22H21N5OS. The fourth-order valence-corrected chi connectivity index (χ4v) is 3.74. The molecular weight excluding hydrogens is 382 g/mol. The molecule has 6 nitrogen and oxygen atoms in total. The quantitative estimate of drug-likeness (QED) is 0.503. The number of hydrogen-bond donors (Lipinski definition) is 1. The molecule has 3 aromatic heterocycles. The minimum absolute atomic E-state index is 0.120. The van der Waals surface area contributed by atoms with E-state index in [0.29, 0.717) is 5.82 Å². The van der Waals surface area contributed by atoms with Crippen molar-refractivity contribution in [3.8, 4) is 10.6 Å². The van der Waals surface area contributed by atoms with Crippen molar-refractivity contribution in [3.63, 3.8) is 0 Å². The Morgan fingerprint density at radius 2 is 1.90 bits per heavy atom. The largest absolute Gasteiger partial charge is 0.309 e. The predicted molar refractivity (Wildman–Crippen MR) is 115 cm³/mol. The van der Waals surface area contributed by atoms with Crippen LogP contribution in [0.3, 0.4) is 0 Å². The monoisotopic (exact) mass is 403 g/mol. The molecule has 1 N–H and O–H groups in total. The standard InChI is InChI=1S/C22H21N5OS/c1-16-2-4-18(5-3-16)22-24-19(15-29-22)14-21(28)25-20-9-13-27(26-20)12-8-17-6-10-23-11-7-17/h2-7,9-11,13,15H,8,12,14H2,1H3,(H,25,26,28). The molecule has 0 saturated carbocycles. The molecule has 0 aliphatic carbocycles. The van der Waals surface area contributed by atoms with Crippen molar-refractivity contribution in [1.29, 1.82) is 0 Å². The second-order valence-corrected chi connectivity index (χ2v) is 7.66. The van der Waals surface area contributed by atoms with Gasteiger partial charge in [0.15, 0.2) is 5.82 Å². The number of carbonyl (C=O) groups excluding carboxylic acids is 1. The molecule has 0 saturated heterocycles. The van der Waals surface area contributed by atoms with E-state index in [0.717, 1.165) is 29.2 Å². The van der Waals surface area contributed by atoms with Crippen LogP contribution in [0.25, 0.3) is 10.6 Å². The Bertz CT molecular complexity index is 1090. The van der Waals surface area contributed by atoms with Gasteiger partial charge >= 0.3 is 0 Å². The smallest absolute Gasteiger partial charge is 0.231 e. The summed E-state index contributed by atoms with van der Waals surface area (Å²) in [6.45, 7) is 2.80. The zero-order valence-electron chi connectivity index (χ0n) is 16.1. The molecule has 4 rings (SSSR count). The molecule has 0 fully saturated rings. The number of rotatable bonds is 7. The van der Waals surface area contributed by atoms with Crippen molar-refractivity contribution in [2.75, 3.05) is 5.32 Å². The van der Waals surface area contributed by atoms with Gasteiger partial charge in [0, 0.05) is 42.1 Å². The van der Waals surface area contributed by atoms with Crippen LogP contribution >= 0.6 is 11.3 Å². The van der Waals surface area contributed by atoms with Crippen molar-refractivity contribution in [3.05, 3.63) is 83.3 Å². The summed E-state index contributed by atoms with van der Waals surface area (Å²) in [5, 5.41) is 10.1. The second-order valence-electron chi connectivity index (χ2n) is 6.80.